The fraction of sp³-hybridized carbons (Fsp3) is 1.00. The molecule has 2 unspecified atom stereocenters. The van der Waals surface area contributed by atoms with Gasteiger partial charge < -0.3 is 0 Å². The van der Waals surface area contributed by atoms with Crippen molar-refractivity contribution in [2.45, 2.75) is 70.1 Å². The lowest BCUT2D eigenvalue weighted by atomic mass is 10.1. The zero-order valence-corrected chi connectivity index (χ0v) is 14.6. The molecular formula is C15H30BrNS. The van der Waals surface area contributed by atoms with E-state index in [0.29, 0.717) is 0 Å². The van der Waals surface area contributed by atoms with Gasteiger partial charge in [-0.25, -0.2) is 0 Å². The summed E-state index contributed by atoms with van der Waals surface area (Å²) < 4.78 is 0. The lowest BCUT2D eigenvalue weighted by Crippen LogP contribution is -2.44. The molecule has 0 saturated carbocycles. The van der Waals surface area contributed by atoms with Crippen LogP contribution in [0.15, 0.2) is 0 Å². The summed E-state index contributed by atoms with van der Waals surface area (Å²) in [6, 6.07) is 0.780. The smallest absolute Gasteiger partial charge is 0.0184 e. The van der Waals surface area contributed by atoms with Crippen LogP contribution in [0.2, 0.25) is 0 Å². The summed E-state index contributed by atoms with van der Waals surface area (Å²) in [7, 11) is 0. The second-order valence-corrected chi connectivity index (χ2v) is 7.79. The number of rotatable bonds is 9. The Balaban J connectivity index is 1.94. The van der Waals surface area contributed by atoms with Crippen LogP contribution in [0.1, 0.15) is 58.8 Å². The average molecular weight is 336 g/mol. The Kier molecular flexibility index (Phi) is 9.88. The van der Waals surface area contributed by atoms with Crippen LogP contribution < -0.4 is 0 Å². The summed E-state index contributed by atoms with van der Waals surface area (Å²) in [5.74, 6) is 1.33. The highest BCUT2D eigenvalue weighted by Gasteiger charge is 2.24. The molecule has 1 fully saturated rings. The molecule has 0 aromatic carbocycles. The number of nitrogens with zero attached hydrogens (tertiary/aromatic N) is 1. The summed E-state index contributed by atoms with van der Waals surface area (Å²) in [4.78, 5) is 2.70. The predicted molar refractivity (Wildman–Crippen MR) is 89.1 cm³/mol. The first kappa shape index (κ1) is 16.8. The Morgan fingerprint density at radius 1 is 1.00 bits per heavy atom. The van der Waals surface area contributed by atoms with Crippen LogP contribution in [-0.4, -0.2) is 40.4 Å². The van der Waals surface area contributed by atoms with Gasteiger partial charge in [0.05, 0.1) is 0 Å². The molecule has 1 aliphatic rings. The van der Waals surface area contributed by atoms with Crippen molar-refractivity contribution < 1.29 is 0 Å². The molecule has 0 radical (unpaired) electrons. The summed E-state index contributed by atoms with van der Waals surface area (Å²) in [6.07, 6.45) is 9.90. The topological polar surface area (TPSA) is 3.24 Å². The number of thioether (sulfide) groups is 1. The second kappa shape index (κ2) is 10.6. The Morgan fingerprint density at radius 2 is 1.61 bits per heavy atom. The molecule has 1 aliphatic heterocycles. The van der Waals surface area contributed by atoms with Gasteiger partial charge in [0.1, 0.15) is 0 Å². The van der Waals surface area contributed by atoms with Crippen LogP contribution in [0, 0.1) is 0 Å². The summed E-state index contributed by atoms with van der Waals surface area (Å²) in [6.45, 7) is 7.41. The molecule has 2 atom stereocenters. The van der Waals surface area contributed by atoms with Crippen molar-refractivity contribution in [3.63, 3.8) is 0 Å². The van der Waals surface area contributed by atoms with E-state index in [0.717, 1.165) is 11.3 Å². The highest BCUT2D eigenvalue weighted by atomic mass is 79.9. The van der Waals surface area contributed by atoms with E-state index in [4.69, 9.17) is 0 Å². The summed E-state index contributed by atoms with van der Waals surface area (Å²) in [5.41, 5.74) is 0. The van der Waals surface area contributed by atoms with E-state index in [2.05, 4.69) is 46.4 Å². The molecule has 0 aromatic rings. The maximum Gasteiger partial charge on any atom is 0.0184 e. The molecule has 0 spiro atoms. The minimum Gasteiger partial charge on any atom is -0.299 e. The maximum atomic E-state index is 3.49. The molecule has 0 bridgehead atoms. The van der Waals surface area contributed by atoms with Crippen molar-refractivity contribution in [1.29, 1.82) is 0 Å². The Morgan fingerprint density at radius 3 is 2.28 bits per heavy atom. The third-order valence-corrected chi connectivity index (χ3v) is 5.99. The fourth-order valence-corrected chi connectivity index (χ4v) is 4.16. The lowest BCUT2D eigenvalue weighted by Gasteiger charge is -2.37. The summed E-state index contributed by atoms with van der Waals surface area (Å²) in [5, 5.41) is 2.00. The Hall–Kier alpha value is 0.790. The first-order valence-corrected chi connectivity index (χ1v) is 9.84. The quantitative estimate of drug-likeness (QED) is 0.433. The van der Waals surface area contributed by atoms with Gasteiger partial charge in [-0.3, -0.25) is 4.90 Å². The normalized spacial score (nSPS) is 25.5. The number of unbranched alkanes of at least 4 members (excludes halogenated alkanes) is 6. The van der Waals surface area contributed by atoms with Crippen LogP contribution >= 0.6 is 27.7 Å². The molecule has 0 N–H and O–H groups in total. The molecule has 108 valence electrons. The SMILES string of the molecule is CC1SCCN(CCCCCCCCCBr)C1C. The molecule has 0 aliphatic carbocycles. The second-order valence-electron chi connectivity index (χ2n) is 5.52. The fourth-order valence-electron chi connectivity index (χ4n) is 2.60. The van der Waals surface area contributed by atoms with Crippen LogP contribution in [0.25, 0.3) is 0 Å². The van der Waals surface area contributed by atoms with Crippen molar-refractivity contribution in [2.24, 2.45) is 0 Å². The molecule has 18 heavy (non-hydrogen) atoms. The molecule has 0 aromatic heterocycles. The number of hydrogen-bond acceptors (Lipinski definition) is 2. The standard InChI is InChI=1S/C15H30BrNS/c1-14-15(2)18-13-12-17(14)11-9-7-5-3-4-6-8-10-16/h14-15H,3-13H2,1-2H3. The minimum atomic E-state index is 0.780. The Bertz CT molecular complexity index is 201. The molecule has 1 rings (SSSR count). The number of hydrogen-bond donors (Lipinski definition) is 0. The van der Waals surface area contributed by atoms with Gasteiger partial charge in [0.25, 0.3) is 0 Å². The van der Waals surface area contributed by atoms with Crippen molar-refractivity contribution in [3.8, 4) is 0 Å². The highest BCUT2D eigenvalue weighted by molar-refractivity contribution is 9.09. The van der Waals surface area contributed by atoms with Gasteiger partial charge in [-0.1, -0.05) is 55.0 Å². The van der Waals surface area contributed by atoms with Gasteiger partial charge in [0.15, 0.2) is 0 Å². The monoisotopic (exact) mass is 335 g/mol. The van der Waals surface area contributed by atoms with Gasteiger partial charge in [-0.05, 0) is 26.3 Å². The molecule has 3 heteroatoms. The van der Waals surface area contributed by atoms with E-state index >= 15 is 0 Å². The molecule has 1 nitrogen and oxygen atoms in total. The largest absolute Gasteiger partial charge is 0.299 e. The van der Waals surface area contributed by atoms with Crippen LogP contribution in [-0.2, 0) is 0 Å². The third-order valence-electron chi connectivity index (χ3n) is 4.09. The first-order chi connectivity index (χ1) is 8.75. The zero-order chi connectivity index (χ0) is 13.2. The van der Waals surface area contributed by atoms with E-state index in [1.807, 2.05) is 0 Å². The van der Waals surface area contributed by atoms with Crippen LogP contribution in [0.4, 0.5) is 0 Å². The van der Waals surface area contributed by atoms with Gasteiger partial charge in [-0.15, -0.1) is 0 Å². The molecule has 0 amide bonds. The van der Waals surface area contributed by atoms with Crippen molar-refractivity contribution in [3.05, 3.63) is 0 Å². The highest BCUT2D eigenvalue weighted by Crippen LogP contribution is 2.24. The Labute approximate surface area is 127 Å². The van der Waals surface area contributed by atoms with Gasteiger partial charge in [0, 0.05) is 28.9 Å². The van der Waals surface area contributed by atoms with Crippen molar-refractivity contribution in [1.82, 2.24) is 4.90 Å². The average Bonchev–Trinajstić information content (AvgIpc) is 2.37. The molecule has 1 saturated heterocycles. The van der Waals surface area contributed by atoms with Crippen molar-refractivity contribution >= 4 is 27.7 Å². The maximum absolute atomic E-state index is 3.49. The van der Waals surface area contributed by atoms with E-state index < -0.39 is 0 Å². The predicted octanol–water partition coefficient (Wildman–Crippen LogP) is 4.94. The first-order valence-electron chi connectivity index (χ1n) is 7.67. The minimum absolute atomic E-state index is 0.780. The van der Waals surface area contributed by atoms with Gasteiger partial charge in [0.2, 0.25) is 0 Å². The molecular weight excluding hydrogens is 306 g/mol. The van der Waals surface area contributed by atoms with E-state index in [1.54, 1.807) is 0 Å². The van der Waals surface area contributed by atoms with Gasteiger partial charge >= 0.3 is 0 Å². The third kappa shape index (κ3) is 6.81. The number of halogens is 1. The zero-order valence-electron chi connectivity index (χ0n) is 12.2. The van der Waals surface area contributed by atoms with Gasteiger partial charge in [-0.2, -0.15) is 11.8 Å². The van der Waals surface area contributed by atoms with Crippen LogP contribution in [0.5, 0.6) is 0 Å². The van der Waals surface area contributed by atoms with Crippen LogP contribution in [0.3, 0.4) is 0 Å². The van der Waals surface area contributed by atoms with E-state index in [-0.39, 0.29) is 0 Å². The number of alkyl halides is 1. The van der Waals surface area contributed by atoms with E-state index in [9.17, 15) is 0 Å². The van der Waals surface area contributed by atoms with E-state index in [1.165, 1.54) is 69.1 Å². The van der Waals surface area contributed by atoms with Crippen molar-refractivity contribution in [2.75, 3.05) is 24.2 Å². The summed E-state index contributed by atoms with van der Waals surface area (Å²) >= 11 is 5.63. The lowest BCUT2D eigenvalue weighted by molar-refractivity contribution is 0.208. The molecule has 1 heterocycles.